The predicted octanol–water partition coefficient (Wildman–Crippen LogP) is 3.97. The Balaban J connectivity index is 1.50. The number of benzene rings is 2. The van der Waals surface area contributed by atoms with Crippen LogP contribution in [0.3, 0.4) is 0 Å². The number of nitrogens with zero attached hydrogens (tertiary/aromatic N) is 1. The lowest BCUT2D eigenvalue weighted by Gasteiger charge is -2.16. The average molecular weight is 504 g/mol. The highest BCUT2D eigenvalue weighted by Crippen LogP contribution is 2.24. The molecule has 0 aliphatic rings. The normalized spacial score (nSPS) is 11.5. The number of aliphatic carboxylic acids is 1. The number of rotatable bonds is 11. The summed E-state index contributed by atoms with van der Waals surface area (Å²) in [7, 11) is 0. The van der Waals surface area contributed by atoms with Gasteiger partial charge in [0.05, 0.1) is 15.6 Å². The molecule has 11 heteroatoms. The lowest BCUT2D eigenvalue weighted by Crippen LogP contribution is -2.42. The maximum Gasteiger partial charge on any atom is 0.326 e. The molecule has 0 saturated carbocycles. The van der Waals surface area contributed by atoms with Crippen LogP contribution in [0.4, 0.5) is 11.6 Å². The zero-order valence-corrected chi connectivity index (χ0v) is 19.5. The van der Waals surface area contributed by atoms with Gasteiger partial charge in [-0.1, -0.05) is 41.4 Å². The number of hydrogen-bond donors (Lipinski definition) is 5. The third kappa shape index (κ3) is 7.23. The first kappa shape index (κ1) is 25.1. The molecule has 1 heterocycles. The third-order valence-electron chi connectivity index (χ3n) is 4.84. The summed E-state index contributed by atoms with van der Waals surface area (Å²) in [6.45, 7) is 0.599. The molecule has 0 aliphatic carbocycles. The standard InChI is InChI=1S/C23H23Cl2N5O4/c24-16-3-1-4-17(25)20(16)21(32)30-18(22(33)34)13-14-6-8-15(9-7-14)29-19(31)5-2-10-26-23-27-11-12-28-23/h1,3-4,6-9,11-12,18H,2,5,10,13H2,(H,29,31)(H,30,32)(H,33,34)(H2,26,27,28)/t18-/m0/s1. The molecule has 0 bridgehead atoms. The van der Waals surface area contributed by atoms with Gasteiger partial charge in [0.2, 0.25) is 5.91 Å². The monoisotopic (exact) mass is 503 g/mol. The number of carboxylic acids is 1. The lowest BCUT2D eigenvalue weighted by atomic mass is 10.0. The van der Waals surface area contributed by atoms with Gasteiger partial charge in [-0.25, -0.2) is 9.78 Å². The SMILES string of the molecule is O=C(CCCNc1ncc[nH]1)Nc1ccc(C[C@H](NC(=O)c2c(Cl)cccc2Cl)C(=O)O)cc1. The Bertz CT molecular complexity index is 1120. The molecule has 3 rings (SSSR count). The highest BCUT2D eigenvalue weighted by molar-refractivity contribution is 6.39. The van der Waals surface area contributed by atoms with E-state index in [2.05, 4.69) is 25.9 Å². The maximum atomic E-state index is 12.5. The van der Waals surface area contributed by atoms with Gasteiger partial charge in [0.25, 0.3) is 5.91 Å². The Morgan fingerprint density at radius 3 is 2.38 bits per heavy atom. The van der Waals surface area contributed by atoms with E-state index in [-0.39, 0.29) is 27.9 Å². The highest BCUT2D eigenvalue weighted by Gasteiger charge is 2.23. The molecule has 1 aromatic heterocycles. The van der Waals surface area contributed by atoms with Crippen molar-refractivity contribution in [1.82, 2.24) is 15.3 Å². The van der Waals surface area contributed by atoms with E-state index in [4.69, 9.17) is 23.2 Å². The first-order chi connectivity index (χ1) is 16.3. The van der Waals surface area contributed by atoms with Crippen molar-refractivity contribution in [3.05, 3.63) is 76.0 Å². The van der Waals surface area contributed by atoms with Gasteiger partial charge >= 0.3 is 5.97 Å². The minimum atomic E-state index is -1.20. The highest BCUT2D eigenvalue weighted by atomic mass is 35.5. The topological polar surface area (TPSA) is 136 Å². The fourth-order valence-corrected chi connectivity index (χ4v) is 3.72. The van der Waals surface area contributed by atoms with E-state index in [0.717, 1.165) is 0 Å². The van der Waals surface area contributed by atoms with E-state index >= 15 is 0 Å². The molecule has 2 aromatic carbocycles. The number of carbonyl (C=O) groups is 3. The van der Waals surface area contributed by atoms with E-state index in [1.165, 1.54) is 12.1 Å². The number of hydrogen-bond acceptors (Lipinski definition) is 5. The Labute approximate surface area is 205 Å². The van der Waals surface area contributed by atoms with Gasteiger partial charge in [0.15, 0.2) is 5.95 Å². The predicted molar refractivity (Wildman–Crippen MR) is 130 cm³/mol. The van der Waals surface area contributed by atoms with Crippen LogP contribution < -0.4 is 16.0 Å². The Hall–Kier alpha value is -3.56. The zero-order chi connectivity index (χ0) is 24.5. The van der Waals surface area contributed by atoms with E-state index in [0.29, 0.717) is 36.6 Å². The quantitative estimate of drug-likeness (QED) is 0.251. The number of aromatic amines is 1. The summed E-state index contributed by atoms with van der Waals surface area (Å²) in [5.41, 5.74) is 1.28. The summed E-state index contributed by atoms with van der Waals surface area (Å²) in [5.74, 6) is -1.35. The molecule has 0 fully saturated rings. The summed E-state index contributed by atoms with van der Waals surface area (Å²) in [6.07, 6.45) is 4.34. The molecule has 5 N–H and O–H groups in total. The van der Waals surface area contributed by atoms with Crippen molar-refractivity contribution in [3.8, 4) is 0 Å². The Morgan fingerprint density at radius 1 is 1.06 bits per heavy atom. The number of nitrogens with one attached hydrogen (secondary N) is 4. The minimum Gasteiger partial charge on any atom is -0.480 e. The van der Waals surface area contributed by atoms with Crippen LogP contribution in [-0.4, -0.2) is 45.4 Å². The van der Waals surface area contributed by atoms with E-state index < -0.39 is 17.9 Å². The number of halogens is 2. The van der Waals surface area contributed by atoms with Gasteiger partial charge in [-0.2, -0.15) is 0 Å². The van der Waals surface area contributed by atoms with Crippen molar-refractivity contribution < 1.29 is 19.5 Å². The third-order valence-corrected chi connectivity index (χ3v) is 5.47. The molecule has 0 aliphatic heterocycles. The van der Waals surface area contributed by atoms with Crippen molar-refractivity contribution in [1.29, 1.82) is 0 Å². The largest absolute Gasteiger partial charge is 0.480 e. The summed E-state index contributed by atoms with van der Waals surface area (Å²) in [4.78, 5) is 43.3. The van der Waals surface area contributed by atoms with Crippen LogP contribution in [0.25, 0.3) is 0 Å². The number of aromatic nitrogens is 2. The smallest absolute Gasteiger partial charge is 0.326 e. The Morgan fingerprint density at radius 2 is 1.76 bits per heavy atom. The van der Waals surface area contributed by atoms with Crippen LogP contribution in [0, 0.1) is 0 Å². The van der Waals surface area contributed by atoms with E-state index in [1.54, 1.807) is 42.7 Å². The van der Waals surface area contributed by atoms with Gasteiger partial charge in [-0.05, 0) is 36.2 Å². The number of imidazole rings is 1. The lowest BCUT2D eigenvalue weighted by molar-refractivity contribution is -0.139. The molecule has 0 saturated heterocycles. The molecular formula is C23H23Cl2N5O4. The van der Waals surface area contributed by atoms with Crippen LogP contribution in [-0.2, 0) is 16.0 Å². The number of anilines is 2. The molecule has 34 heavy (non-hydrogen) atoms. The fraction of sp³-hybridized carbons (Fsp3) is 0.217. The molecule has 1 atom stereocenters. The van der Waals surface area contributed by atoms with Gasteiger partial charge in [-0.15, -0.1) is 0 Å². The van der Waals surface area contributed by atoms with Crippen LogP contribution in [0.1, 0.15) is 28.8 Å². The summed E-state index contributed by atoms with van der Waals surface area (Å²) >= 11 is 12.1. The molecule has 0 radical (unpaired) electrons. The second-order valence-corrected chi connectivity index (χ2v) is 8.19. The first-order valence-electron chi connectivity index (χ1n) is 10.4. The number of carboxylic acid groups (broad SMARTS) is 1. The van der Waals surface area contributed by atoms with Gasteiger partial charge in [0.1, 0.15) is 6.04 Å². The van der Waals surface area contributed by atoms with Crippen molar-refractivity contribution in [2.45, 2.75) is 25.3 Å². The van der Waals surface area contributed by atoms with Gasteiger partial charge in [-0.3, -0.25) is 9.59 Å². The molecule has 3 aromatic rings. The van der Waals surface area contributed by atoms with Crippen molar-refractivity contribution in [3.63, 3.8) is 0 Å². The number of H-pyrrole nitrogens is 1. The molecule has 9 nitrogen and oxygen atoms in total. The molecule has 0 unspecified atom stereocenters. The molecule has 2 amide bonds. The summed E-state index contributed by atoms with van der Waals surface area (Å²) < 4.78 is 0. The fourth-order valence-electron chi connectivity index (χ4n) is 3.15. The zero-order valence-electron chi connectivity index (χ0n) is 18.0. The van der Waals surface area contributed by atoms with Crippen molar-refractivity contribution >= 4 is 52.6 Å². The van der Waals surface area contributed by atoms with Crippen LogP contribution in [0.2, 0.25) is 10.0 Å². The number of amides is 2. The minimum absolute atomic E-state index is 0.0227. The second kappa shape index (κ2) is 12.1. The van der Waals surface area contributed by atoms with Gasteiger partial charge < -0.3 is 26.0 Å². The average Bonchev–Trinajstić information content (AvgIpc) is 3.31. The van der Waals surface area contributed by atoms with Crippen molar-refractivity contribution in [2.75, 3.05) is 17.2 Å². The van der Waals surface area contributed by atoms with Crippen molar-refractivity contribution in [2.24, 2.45) is 0 Å². The van der Waals surface area contributed by atoms with Crippen LogP contribution in [0.15, 0.2) is 54.9 Å². The molecular weight excluding hydrogens is 481 g/mol. The maximum absolute atomic E-state index is 12.5. The number of carbonyl (C=O) groups excluding carboxylic acids is 2. The second-order valence-electron chi connectivity index (χ2n) is 7.38. The van der Waals surface area contributed by atoms with Crippen LogP contribution >= 0.6 is 23.2 Å². The molecule has 178 valence electrons. The first-order valence-corrected chi connectivity index (χ1v) is 11.2. The van der Waals surface area contributed by atoms with Gasteiger partial charge in [0, 0.05) is 37.5 Å². The Kier molecular flexibility index (Phi) is 8.89. The molecule has 0 spiro atoms. The van der Waals surface area contributed by atoms with E-state index in [9.17, 15) is 19.5 Å². The van der Waals surface area contributed by atoms with E-state index in [1.807, 2.05) is 0 Å². The summed E-state index contributed by atoms with van der Waals surface area (Å²) in [6, 6.07) is 10.1. The summed E-state index contributed by atoms with van der Waals surface area (Å²) in [5, 5.41) is 18.1. The van der Waals surface area contributed by atoms with Crippen LogP contribution in [0.5, 0.6) is 0 Å².